The summed E-state index contributed by atoms with van der Waals surface area (Å²) in [6.45, 7) is -0.0451. The maximum Gasteiger partial charge on any atom is 0.323 e. The zero-order valence-electron chi connectivity index (χ0n) is 15.3. The van der Waals surface area contributed by atoms with E-state index in [1.807, 2.05) is 0 Å². The predicted octanol–water partition coefficient (Wildman–Crippen LogP) is -0.926. The molecule has 10 heteroatoms. The summed E-state index contributed by atoms with van der Waals surface area (Å²) in [5, 5.41) is 9.79. The van der Waals surface area contributed by atoms with Crippen LogP contribution in [0.25, 0.3) is 10.9 Å². The minimum atomic E-state index is -1.87. The molecule has 0 aliphatic heterocycles. The number of carbonyl (C=O) groups excluding carboxylic acids is 2. The third kappa shape index (κ3) is 4.65. The van der Waals surface area contributed by atoms with Gasteiger partial charge in [-0.2, -0.15) is 0 Å². The Morgan fingerprint density at radius 2 is 1.82 bits per heavy atom. The van der Waals surface area contributed by atoms with Gasteiger partial charge < -0.3 is 32.6 Å². The Labute approximate surface area is 161 Å². The van der Waals surface area contributed by atoms with Gasteiger partial charge in [0.05, 0.1) is 0 Å². The summed E-state index contributed by atoms with van der Waals surface area (Å²) in [6, 6.07) is 7.08. The Hall–Kier alpha value is -3.40. The second-order valence-corrected chi connectivity index (χ2v) is 6.54. The number of aromatic nitrogens is 1. The van der Waals surface area contributed by atoms with E-state index in [0.717, 1.165) is 0 Å². The number of carboxylic acids is 1. The first-order chi connectivity index (χ1) is 13.1. The lowest BCUT2D eigenvalue weighted by atomic mass is 9.85. The van der Waals surface area contributed by atoms with E-state index in [9.17, 15) is 14.4 Å². The zero-order chi connectivity index (χ0) is 20.9. The average Bonchev–Trinajstić information content (AvgIpc) is 2.95. The number of guanidine groups is 1. The van der Waals surface area contributed by atoms with Gasteiger partial charge in [0.2, 0.25) is 5.91 Å². The molecule has 0 bridgehead atoms. The van der Waals surface area contributed by atoms with Gasteiger partial charge in [0.15, 0.2) is 17.3 Å². The number of para-hydroxylation sites is 1. The van der Waals surface area contributed by atoms with E-state index in [4.69, 9.17) is 28.0 Å². The molecule has 9 N–H and O–H groups in total. The van der Waals surface area contributed by atoms with E-state index in [-0.39, 0.29) is 31.9 Å². The highest BCUT2D eigenvalue weighted by Gasteiger charge is 2.39. The number of nitrogens with two attached hydrogens (primary N) is 4. The van der Waals surface area contributed by atoms with Crippen molar-refractivity contribution >= 4 is 34.5 Å². The van der Waals surface area contributed by atoms with E-state index in [1.165, 1.54) is 4.57 Å². The number of benzene rings is 1. The minimum absolute atomic E-state index is 0.00822. The number of Topliss-reactive ketones (excluding diaryl/α,β-unsaturated/α-hetero) is 1. The number of carboxylic acid groups (broad SMARTS) is 1. The van der Waals surface area contributed by atoms with Gasteiger partial charge in [-0.1, -0.05) is 18.2 Å². The molecule has 0 unspecified atom stereocenters. The lowest BCUT2D eigenvalue weighted by molar-refractivity contribution is -0.137. The van der Waals surface area contributed by atoms with E-state index in [2.05, 4.69) is 4.99 Å². The molecule has 1 aromatic heterocycles. The Morgan fingerprint density at radius 3 is 2.43 bits per heavy atom. The maximum absolute atomic E-state index is 12.8. The largest absolute Gasteiger partial charge is 0.480 e. The summed E-state index contributed by atoms with van der Waals surface area (Å²) in [5.74, 6) is -2.60. The number of hydrogen-bond donors (Lipinski definition) is 5. The second kappa shape index (κ2) is 8.53. The van der Waals surface area contributed by atoms with E-state index in [1.54, 1.807) is 30.5 Å². The number of rotatable bonds is 10. The maximum atomic E-state index is 12.8. The quantitative estimate of drug-likeness (QED) is 0.150. The first-order valence-corrected chi connectivity index (χ1v) is 8.61. The Bertz CT molecular complexity index is 931. The third-order valence-electron chi connectivity index (χ3n) is 4.49. The number of nitrogens with zero attached hydrogens (tertiary/aromatic N) is 2. The third-order valence-corrected chi connectivity index (χ3v) is 4.49. The van der Waals surface area contributed by atoms with Crippen molar-refractivity contribution in [2.24, 2.45) is 27.9 Å². The molecule has 0 saturated heterocycles. The molecule has 150 valence electrons. The molecule has 2 aromatic rings. The van der Waals surface area contributed by atoms with Crippen molar-refractivity contribution in [3.63, 3.8) is 0 Å². The van der Waals surface area contributed by atoms with Gasteiger partial charge in [0.25, 0.3) is 0 Å². The lowest BCUT2D eigenvalue weighted by Crippen LogP contribution is -2.58. The molecule has 10 nitrogen and oxygen atoms in total. The number of fused-ring (bicyclic) bond motifs is 1. The number of ketones is 1. The monoisotopic (exact) mass is 388 g/mol. The predicted molar refractivity (Wildman–Crippen MR) is 104 cm³/mol. The molecule has 1 atom stereocenters. The van der Waals surface area contributed by atoms with Gasteiger partial charge in [0, 0.05) is 30.1 Å². The lowest BCUT2D eigenvalue weighted by Gasteiger charge is -2.24. The number of hydrogen-bond acceptors (Lipinski definition) is 5. The van der Waals surface area contributed by atoms with E-state index >= 15 is 0 Å². The highest BCUT2D eigenvalue weighted by atomic mass is 16.4. The van der Waals surface area contributed by atoms with Crippen LogP contribution >= 0.6 is 0 Å². The average molecular weight is 388 g/mol. The van der Waals surface area contributed by atoms with E-state index in [0.29, 0.717) is 22.9 Å². The summed E-state index contributed by atoms with van der Waals surface area (Å²) in [7, 11) is 0. The van der Waals surface area contributed by atoms with Crippen LogP contribution in [-0.4, -0.2) is 45.4 Å². The Kier molecular flexibility index (Phi) is 6.37. The summed E-state index contributed by atoms with van der Waals surface area (Å²) in [4.78, 5) is 39.6. The van der Waals surface area contributed by atoms with Gasteiger partial charge >= 0.3 is 5.97 Å². The van der Waals surface area contributed by atoms with Gasteiger partial charge in [-0.3, -0.25) is 19.4 Å². The van der Waals surface area contributed by atoms with Crippen LogP contribution < -0.4 is 22.9 Å². The molecule has 0 aliphatic carbocycles. The highest BCUT2D eigenvalue weighted by Crippen LogP contribution is 2.24. The zero-order valence-corrected chi connectivity index (χ0v) is 15.3. The molecular weight excluding hydrogens is 364 g/mol. The molecule has 0 aliphatic rings. The molecule has 1 heterocycles. The Balaban J connectivity index is 2.27. The molecule has 0 spiro atoms. The minimum Gasteiger partial charge on any atom is -0.480 e. The summed E-state index contributed by atoms with van der Waals surface area (Å²) >= 11 is 0. The SMILES string of the molecule is NC(=O)[C@@](N)(CCCN=C(N)N)C(=O)Cc1cn(CC(=O)O)c2ccccc12. The Morgan fingerprint density at radius 1 is 1.14 bits per heavy atom. The number of primary amides is 1. The van der Waals surface area contributed by atoms with Crippen molar-refractivity contribution in [3.05, 3.63) is 36.0 Å². The fourth-order valence-electron chi connectivity index (χ4n) is 3.04. The molecule has 1 amide bonds. The number of carbonyl (C=O) groups is 3. The summed E-state index contributed by atoms with van der Waals surface area (Å²) in [6.07, 6.45) is 1.71. The van der Waals surface area contributed by atoms with Crippen molar-refractivity contribution in [2.75, 3.05) is 6.54 Å². The van der Waals surface area contributed by atoms with Crippen LogP contribution in [0.15, 0.2) is 35.5 Å². The van der Waals surface area contributed by atoms with Crippen molar-refractivity contribution in [1.29, 1.82) is 0 Å². The smallest absolute Gasteiger partial charge is 0.323 e. The van der Waals surface area contributed by atoms with Crippen LogP contribution in [0.1, 0.15) is 18.4 Å². The van der Waals surface area contributed by atoms with Gasteiger partial charge in [0.1, 0.15) is 6.54 Å². The van der Waals surface area contributed by atoms with Crippen LogP contribution in [0, 0.1) is 0 Å². The second-order valence-electron chi connectivity index (χ2n) is 6.54. The van der Waals surface area contributed by atoms with Crippen LogP contribution in [0.3, 0.4) is 0 Å². The van der Waals surface area contributed by atoms with Crippen molar-refractivity contribution in [1.82, 2.24) is 4.57 Å². The first kappa shape index (κ1) is 20.9. The van der Waals surface area contributed by atoms with Crippen LogP contribution in [0.5, 0.6) is 0 Å². The number of aliphatic imine (C=N–C) groups is 1. The normalized spacial score (nSPS) is 13.0. The van der Waals surface area contributed by atoms with Crippen LogP contribution in [0.2, 0.25) is 0 Å². The highest BCUT2D eigenvalue weighted by molar-refractivity contribution is 6.11. The molecular formula is C18H24N6O4. The van der Waals surface area contributed by atoms with Crippen molar-refractivity contribution < 1.29 is 19.5 Å². The fraction of sp³-hybridized carbons (Fsp3) is 0.333. The molecule has 0 fully saturated rings. The molecule has 28 heavy (non-hydrogen) atoms. The molecule has 1 aromatic carbocycles. The first-order valence-electron chi connectivity index (χ1n) is 8.61. The molecule has 0 radical (unpaired) electrons. The summed E-state index contributed by atoms with van der Waals surface area (Å²) in [5.41, 5.74) is 21.3. The van der Waals surface area contributed by atoms with Gasteiger partial charge in [-0.15, -0.1) is 0 Å². The standard InChI is InChI=1S/C18H24N6O4/c19-16(28)18(22,6-3-7-23-17(20)21)14(25)8-11-9-24(10-15(26)27)13-5-2-1-4-12(11)13/h1-2,4-5,9H,3,6-8,10,22H2,(H2,19,28)(H,26,27)(H4,20,21,23)/t18-/m1/s1. The van der Waals surface area contributed by atoms with Crippen molar-refractivity contribution in [2.45, 2.75) is 31.3 Å². The van der Waals surface area contributed by atoms with Gasteiger partial charge in [-0.25, -0.2) is 0 Å². The van der Waals surface area contributed by atoms with E-state index < -0.39 is 23.2 Å². The number of aliphatic carboxylic acids is 1. The summed E-state index contributed by atoms with van der Waals surface area (Å²) < 4.78 is 1.53. The fourth-order valence-corrected chi connectivity index (χ4v) is 3.04. The molecule has 2 rings (SSSR count). The number of amides is 1. The topological polar surface area (TPSA) is 193 Å². The van der Waals surface area contributed by atoms with Crippen LogP contribution in [-0.2, 0) is 27.3 Å². The van der Waals surface area contributed by atoms with Crippen molar-refractivity contribution in [3.8, 4) is 0 Å². The van der Waals surface area contributed by atoms with Gasteiger partial charge in [-0.05, 0) is 24.5 Å². The molecule has 0 saturated carbocycles. The van der Waals surface area contributed by atoms with Crippen LogP contribution in [0.4, 0.5) is 0 Å².